The van der Waals surface area contributed by atoms with E-state index in [9.17, 15) is 0 Å². The zero-order chi connectivity index (χ0) is 11.1. The van der Waals surface area contributed by atoms with Gasteiger partial charge in [-0.3, -0.25) is 4.98 Å². The van der Waals surface area contributed by atoms with Crippen LogP contribution in [0.25, 0.3) is 0 Å². The summed E-state index contributed by atoms with van der Waals surface area (Å²) in [6, 6.07) is 4.10. The molecule has 1 N–H and O–H groups in total. The largest absolute Gasteiger partial charge is 0.381 e. The van der Waals surface area contributed by atoms with E-state index in [0.717, 1.165) is 38.0 Å². The SMILES string of the molecule is c1cc(SCCNCC2CCOC2)ccn1. The van der Waals surface area contributed by atoms with Crippen molar-refractivity contribution in [1.29, 1.82) is 0 Å². The molecule has 16 heavy (non-hydrogen) atoms. The molecule has 2 heterocycles. The van der Waals surface area contributed by atoms with Crippen LogP contribution in [0.15, 0.2) is 29.4 Å². The normalized spacial score (nSPS) is 20.1. The Balaban J connectivity index is 1.52. The second kappa shape index (κ2) is 6.89. The average Bonchev–Trinajstić information content (AvgIpc) is 2.83. The molecule has 0 spiro atoms. The number of hydrogen-bond acceptors (Lipinski definition) is 4. The van der Waals surface area contributed by atoms with Gasteiger partial charge in [-0.1, -0.05) is 0 Å². The Morgan fingerprint density at radius 3 is 3.06 bits per heavy atom. The van der Waals surface area contributed by atoms with Crippen LogP contribution in [0.1, 0.15) is 6.42 Å². The zero-order valence-electron chi connectivity index (χ0n) is 9.39. The first-order valence-corrected chi connectivity index (χ1v) is 6.75. The minimum atomic E-state index is 0.728. The lowest BCUT2D eigenvalue weighted by Crippen LogP contribution is -2.25. The highest BCUT2D eigenvalue weighted by atomic mass is 32.2. The Kier molecular flexibility index (Phi) is 5.12. The molecule has 4 heteroatoms. The molecular weight excluding hydrogens is 220 g/mol. The molecule has 88 valence electrons. The quantitative estimate of drug-likeness (QED) is 0.605. The maximum absolute atomic E-state index is 5.33. The Hall–Kier alpha value is -0.580. The van der Waals surface area contributed by atoms with E-state index in [2.05, 4.69) is 22.4 Å². The van der Waals surface area contributed by atoms with Gasteiger partial charge >= 0.3 is 0 Å². The van der Waals surface area contributed by atoms with Gasteiger partial charge in [0.15, 0.2) is 0 Å². The van der Waals surface area contributed by atoms with E-state index in [4.69, 9.17) is 4.74 Å². The van der Waals surface area contributed by atoms with Gasteiger partial charge in [0.1, 0.15) is 0 Å². The third-order valence-corrected chi connectivity index (χ3v) is 3.67. The predicted octanol–water partition coefficient (Wildman–Crippen LogP) is 1.80. The monoisotopic (exact) mass is 238 g/mol. The lowest BCUT2D eigenvalue weighted by Gasteiger charge is -2.08. The summed E-state index contributed by atoms with van der Waals surface area (Å²) in [6.45, 7) is 4.03. The molecule has 0 aromatic carbocycles. The summed E-state index contributed by atoms with van der Waals surface area (Å²) in [7, 11) is 0. The molecule has 0 aliphatic carbocycles. The highest BCUT2D eigenvalue weighted by molar-refractivity contribution is 7.99. The van der Waals surface area contributed by atoms with E-state index in [1.807, 2.05) is 24.2 Å². The van der Waals surface area contributed by atoms with Gasteiger partial charge in [-0.2, -0.15) is 0 Å². The molecule has 0 amide bonds. The van der Waals surface area contributed by atoms with Gasteiger partial charge in [0.2, 0.25) is 0 Å². The van der Waals surface area contributed by atoms with Crippen LogP contribution < -0.4 is 5.32 Å². The Labute approximate surface area is 101 Å². The molecule has 1 atom stereocenters. The van der Waals surface area contributed by atoms with Crippen molar-refractivity contribution in [3.05, 3.63) is 24.5 Å². The van der Waals surface area contributed by atoms with Gasteiger partial charge in [-0.15, -0.1) is 11.8 Å². The number of aromatic nitrogens is 1. The number of thioether (sulfide) groups is 1. The molecule has 1 fully saturated rings. The average molecular weight is 238 g/mol. The van der Waals surface area contributed by atoms with Crippen molar-refractivity contribution < 1.29 is 4.74 Å². The third-order valence-electron chi connectivity index (χ3n) is 2.65. The summed E-state index contributed by atoms with van der Waals surface area (Å²) in [5, 5.41) is 3.48. The van der Waals surface area contributed by atoms with Crippen LogP contribution in [-0.4, -0.2) is 37.0 Å². The van der Waals surface area contributed by atoms with E-state index < -0.39 is 0 Å². The molecule has 3 nitrogen and oxygen atoms in total. The van der Waals surface area contributed by atoms with Crippen LogP contribution in [0.3, 0.4) is 0 Å². The van der Waals surface area contributed by atoms with Crippen LogP contribution in [0.4, 0.5) is 0 Å². The van der Waals surface area contributed by atoms with Crippen molar-refractivity contribution in [2.24, 2.45) is 5.92 Å². The maximum Gasteiger partial charge on any atom is 0.0507 e. The fraction of sp³-hybridized carbons (Fsp3) is 0.583. The van der Waals surface area contributed by atoms with E-state index in [1.54, 1.807) is 0 Å². The topological polar surface area (TPSA) is 34.1 Å². The number of pyridine rings is 1. The van der Waals surface area contributed by atoms with Crippen LogP contribution >= 0.6 is 11.8 Å². The minimum Gasteiger partial charge on any atom is -0.381 e. The molecule has 0 saturated carbocycles. The van der Waals surface area contributed by atoms with Crippen molar-refractivity contribution in [3.8, 4) is 0 Å². The first-order valence-electron chi connectivity index (χ1n) is 5.76. The summed E-state index contributed by atoms with van der Waals surface area (Å²) in [5.74, 6) is 1.84. The molecule has 0 radical (unpaired) electrons. The zero-order valence-corrected chi connectivity index (χ0v) is 10.2. The summed E-state index contributed by atoms with van der Waals surface area (Å²) in [5.41, 5.74) is 0. The molecule has 1 aromatic heterocycles. The van der Waals surface area contributed by atoms with Gasteiger partial charge in [0, 0.05) is 42.7 Å². The lowest BCUT2D eigenvalue weighted by atomic mass is 10.1. The van der Waals surface area contributed by atoms with Gasteiger partial charge in [0.05, 0.1) is 6.61 Å². The Bertz CT molecular complexity index is 288. The van der Waals surface area contributed by atoms with Crippen molar-refractivity contribution in [2.45, 2.75) is 11.3 Å². The highest BCUT2D eigenvalue weighted by Crippen LogP contribution is 2.15. The second-order valence-corrected chi connectivity index (χ2v) is 5.13. The van der Waals surface area contributed by atoms with Crippen LogP contribution in [-0.2, 0) is 4.74 Å². The van der Waals surface area contributed by atoms with Crippen LogP contribution in [0.2, 0.25) is 0 Å². The number of nitrogens with one attached hydrogen (secondary N) is 1. The summed E-state index contributed by atoms with van der Waals surface area (Å²) >= 11 is 1.87. The minimum absolute atomic E-state index is 0.728. The fourth-order valence-corrected chi connectivity index (χ4v) is 2.52. The molecule has 0 bridgehead atoms. The van der Waals surface area contributed by atoms with E-state index in [-0.39, 0.29) is 0 Å². The van der Waals surface area contributed by atoms with Gasteiger partial charge in [-0.05, 0) is 24.5 Å². The standard InChI is InChI=1S/C12H18N2OS/c1-4-13-5-2-12(1)16-8-6-14-9-11-3-7-15-10-11/h1-2,4-5,11,14H,3,6-10H2. The van der Waals surface area contributed by atoms with E-state index in [0.29, 0.717) is 0 Å². The second-order valence-electron chi connectivity index (χ2n) is 3.97. The highest BCUT2D eigenvalue weighted by Gasteiger charge is 2.14. The van der Waals surface area contributed by atoms with Crippen molar-refractivity contribution in [3.63, 3.8) is 0 Å². The van der Waals surface area contributed by atoms with Crippen LogP contribution in [0, 0.1) is 5.92 Å². The summed E-state index contributed by atoms with van der Waals surface area (Å²) < 4.78 is 5.33. The molecule has 1 unspecified atom stereocenters. The van der Waals surface area contributed by atoms with Crippen LogP contribution in [0.5, 0.6) is 0 Å². The first-order chi connectivity index (χ1) is 7.95. The van der Waals surface area contributed by atoms with E-state index >= 15 is 0 Å². The summed E-state index contributed by atoms with van der Waals surface area (Å²) in [4.78, 5) is 5.29. The number of hydrogen-bond donors (Lipinski definition) is 1. The predicted molar refractivity (Wildman–Crippen MR) is 66.8 cm³/mol. The molecule has 1 aromatic rings. The van der Waals surface area contributed by atoms with Crippen molar-refractivity contribution in [1.82, 2.24) is 10.3 Å². The molecule has 2 rings (SSSR count). The maximum atomic E-state index is 5.33. The molecule has 1 aliphatic rings. The Morgan fingerprint density at radius 2 is 2.31 bits per heavy atom. The lowest BCUT2D eigenvalue weighted by molar-refractivity contribution is 0.185. The van der Waals surface area contributed by atoms with Gasteiger partial charge in [0.25, 0.3) is 0 Å². The molecule has 1 aliphatic heterocycles. The smallest absolute Gasteiger partial charge is 0.0507 e. The summed E-state index contributed by atoms with van der Waals surface area (Å²) in [6.07, 6.45) is 4.89. The fourth-order valence-electron chi connectivity index (χ4n) is 1.73. The molecule has 1 saturated heterocycles. The first kappa shape index (κ1) is 11.9. The van der Waals surface area contributed by atoms with E-state index in [1.165, 1.54) is 11.3 Å². The van der Waals surface area contributed by atoms with Gasteiger partial charge in [-0.25, -0.2) is 0 Å². The van der Waals surface area contributed by atoms with Crippen molar-refractivity contribution in [2.75, 3.05) is 32.1 Å². The molecular formula is C12H18N2OS. The Morgan fingerprint density at radius 1 is 1.44 bits per heavy atom. The number of nitrogens with zero attached hydrogens (tertiary/aromatic N) is 1. The van der Waals surface area contributed by atoms with Crippen molar-refractivity contribution >= 4 is 11.8 Å². The number of ether oxygens (including phenoxy) is 1. The third kappa shape index (κ3) is 4.12. The van der Waals surface area contributed by atoms with Gasteiger partial charge < -0.3 is 10.1 Å². The number of rotatable bonds is 6.